The van der Waals surface area contributed by atoms with Crippen LogP contribution in [0.2, 0.25) is 0 Å². The molecule has 0 aromatic carbocycles. The Bertz CT molecular complexity index is 823. The minimum absolute atomic E-state index is 0.0771. The van der Waals surface area contributed by atoms with Gasteiger partial charge in [0, 0.05) is 30.8 Å². The highest BCUT2D eigenvalue weighted by Crippen LogP contribution is 2.25. The zero-order valence-corrected chi connectivity index (χ0v) is 16.1. The summed E-state index contributed by atoms with van der Waals surface area (Å²) < 4.78 is 33.4. The summed E-state index contributed by atoms with van der Waals surface area (Å²) in [6.45, 7) is 3.45. The van der Waals surface area contributed by atoms with E-state index in [9.17, 15) is 13.2 Å². The van der Waals surface area contributed by atoms with Crippen molar-refractivity contribution in [1.29, 1.82) is 0 Å². The van der Waals surface area contributed by atoms with Gasteiger partial charge in [0.05, 0.1) is 19.3 Å². The third-order valence-corrected chi connectivity index (χ3v) is 5.89. The Morgan fingerprint density at radius 3 is 2.73 bits per heavy atom. The van der Waals surface area contributed by atoms with E-state index in [1.165, 1.54) is 17.0 Å². The maximum absolute atomic E-state index is 12.4. The lowest BCUT2D eigenvalue weighted by Crippen LogP contribution is -2.43. The molecule has 7 nitrogen and oxygen atoms in total. The van der Waals surface area contributed by atoms with Crippen molar-refractivity contribution < 1.29 is 22.4 Å². The number of hydrogen-bond donors (Lipinski definition) is 1. The molecule has 1 aliphatic heterocycles. The van der Waals surface area contributed by atoms with E-state index in [2.05, 4.69) is 16.3 Å². The summed E-state index contributed by atoms with van der Waals surface area (Å²) in [6.07, 6.45) is 1.13. The SMILES string of the molecule is CS(=O)(=O)Cc1ccc(C(=O)NC[C@@H](c2cccs2)N2CCOCC2)o1. The van der Waals surface area contributed by atoms with Gasteiger partial charge in [-0.25, -0.2) is 8.42 Å². The fourth-order valence-corrected chi connectivity index (χ4v) is 4.42. The second-order valence-electron chi connectivity index (χ2n) is 6.23. The van der Waals surface area contributed by atoms with Crippen LogP contribution in [-0.2, 0) is 20.3 Å². The van der Waals surface area contributed by atoms with Gasteiger partial charge in [-0.2, -0.15) is 0 Å². The lowest BCUT2D eigenvalue weighted by molar-refractivity contribution is 0.0168. The summed E-state index contributed by atoms with van der Waals surface area (Å²) in [5, 5.41) is 4.93. The van der Waals surface area contributed by atoms with Crippen molar-refractivity contribution >= 4 is 27.1 Å². The van der Waals surface area contributed by atoms with E-state index >= 15 is 0 Å². The molecule has 3 rings (SSSR count). The molecule has 0 spiro atoms. The molecule has 142 valence electrons. The van der Waals surface area contributed by atoms with Crippen LogP contribution < -0.4 is 5.32 Å². The summed E-state index contributed by atoms with van der Waals surface area (Å²) in [5.74, 6) is -0.179. The smallest absolute Gasteiger partial charge is 0.287 e. The lowest BCUT2D eigenvalue weighted by atomic mass is 10.2. The molecule has 1 aliphatic rings. The van der Waals surface area contributed by atoms with Crippen LogP contribution in [0.25, 0.3) is 0 Å². The number of sulfone groups is 1. The zero-order valence-electron chi connectivity index (χ0n) is 14.5. The molecule has 9 heteroatoms. The minimum atomic E-state index is -3.20. The normalized spacial score (nSPS) is 17.1. The zero-order chi connectivity index (χ0) is 18.6. The second-order valence-corrected chi connectivity index (χ2v) is 9.35. The maximum atomic E-state index is 12.4. The maximum Gasteiger partial charge on any atom is 0.287 e. The van der Waals surface area contributed by atoms with E-state index in [1.54, 1.807) is 11.3 Å². The Morgan fingerprint density at radius 1 is 1.31 bits per heavy atom. The number of carbonyl (C=O) groups is 1. The number of ether oxygens (including phenoxy) is 1. The van der Waals surface area contributed by atoms with E-state index in [-0.39, 0.29) is 29.2 Å². The molecule has 1 saturated heterocycles. The quantitative estimate of drug-likeness (QED) is 0.764. The topological polar surface area (TPSA) is 88.9 Å². The Hall–Kier alpha value is -1.68. The van der Waals surface area contributed by atoms with Crippen molar-refractivity contribution in [2.45, 2.75) is 11.8 Å². The summed E-state index contributed by atoms with van der Waals surface area (Å²) in [4.78, 5) is 15.9. The molecule has 26 heavy (non-hydrogen) atoms. The van der Waals surface area contributed by atoms with Crippen LogP contribution in [0.1, 0.15) is 27.2 Å². The van der Waals surface area contributed by atoms with Gasteiger partial charge in [0.15, 0.2) is 15.6 Å². The number of carbonyl (C=O) groups excluding carboxylic acids is 1. The largest absolute Gasteiger partial charge is 0.455 e. The van der Waals surface area contributed by atoms with Crippen LogP contribution in [0.5, 0.6) is 0 Å². The molecule has 1 N–H and O–H groups in total. The third kappa shape index (κ3) is 5.16. The molecule has 2 aromatic rings. The number of rotatable bonds is 7. The minimum Gasteiger partial charge on any atom is -0.455 e. The molecular formula is C17H22N2O5S2. The molecule has 1 atom stereocenters. The van der Waals surface area contributed by atoms with Crippen LogP contribution in [0.15, 0.2) is 34.1 Å². The number of morpholine rings is 1. The second kappa shape index (κ2) is 8.34. The molecule has 0 aliphatic carbocycles. The molecule has 0 unspecified atom stereocenters. The predicted molar refractivity (Wildman–Crippen MR) is 99.0 cm³/mol. The van der Waals surface area contributed by atoms with E-state index in [4.69, 9.17) is 9.15 Å². The average molecular weight is 399 g/mol. The lowest BCUT2D eigenvalue weighted by Gasteiger charge is -2.34. The Labute approximate surface area is 156 Å². The summed E-state index contributed by atoms with van der Waals surface area (Å²) >= 11 is 1.66. The number of furan rings is 1. The Morgan fingerprint density at radius 2 is 2.08 bits per heavy atom. The number of hydrogen-bond acceptors (Lipinski definition) is 7. The van der Waals surface area contributed by atoms with Crippen LogP contribution in [0.3, 0.4) is 0 Å². The van der Waals surface area contributed by atoms with Crippen LogP contribution >= 0.6 is 11.3 Å². The predicted octanol–water partition coefficient (Wildman–Crippen LogP) is 1.69. The van der Waals surface area contributed by atoms with Crippen LogP contribution in [0, 0.1) is 0 Å². The highest BCUT2D eigenvalue weighted by molar-refractivity contribution is 7.89. The fourth-order valence-electron chi connectivity index (χ4n) is 2.89. The van der Waals surface area contributed by atoms with Crippen LogP contribution in [-0.4, -0.2) is 58.3 Å². The first-order valence-electron chi connectivity index (χ1n) is 8.32. The fraction of sp³-hybridized carbons (Fsp3) is 0.471. The van der Waals surface area contributed by atoms with Crippen LogP contribution in [0.4, 0.5) is 0 Å². The number of nitrogens with zero attached hydrogens (tertiary/aromatic N) is 1. The molecule has 1 fully saturated rings. The van der Waals surface area contributed by atoms with Gasteiger partial charge < -0.3 is 14.5 Å². The van der Waals surface area contributed by atoms with Crippen molar-refractivity contribution in [3.8, 4) is 0 Å². The first kappa shape index (κ1) is 19.1. The summed E-state index contributed by atoms with van der Waals surface area (Å²) in [5.41, 5.74) is 0. The summed E-state index contributed by atoms with van der Waals surface area (Å²) in [7, 11) is -3.20. The molecular weight excluding hydrogens is 376 g/mol. The van der Waals surface area contributed by atoms with Crippen molar-refractivity contribution in [1.82, 2.24) is 10.2 Å². The Balaban J connectivity index is 1.64. The van der Waals surface area contributed by atoms with Crippen molar-refractivity contribution in [2.24, 2.45) is 0 Å². The standard InChI is InChI=1S/C17H22N2O5S2/c1-26(21,22)12-13-4-5-15(24-13)17(20)18-11-14(16-3-2-10-25-16)19-6-8-23-9-7-19/h2-5,10,14H,6-9,11-12H2,1H3,(H,18,20)/t14-/m0/s1. The molecule has 3 heterocycles. The first-order chi connectivity index (χ1) is 12.4. The van der Waals surface area contributed by atoms with Gasteiger partial charge >= 0.3 is 0 Å². The monoisotopic (exact) mass is 398 g/mol. The van der Waals surface area contributed by atoms with E-state index in [1.807, 2.05) is 11.4 Å². The van der Waals surface area contributed by atoms with Crippen molar-refractivity contribution in [2.75, 3.05) is 39.1 Å². The third-order valence-electron chi connectivity index (χ3n) is 4.10. The van der Waals surface area contributed by atoms with E-state index < -0.39 is 9.84 Å². The number of nitrogens with one attached hydrogen (secondary N) is 1. The van der Waals surface area contributed by atoms with Gasteiger partial charge in [0.25, 0.3) is 5.91 Å². The van der Waals surface area contributed by atoms with Gasteiger partial charge in [-0.3, -0.25) is 9.69 Å². The van der Waals surface area contributed by atoms with Crippen molar-refractivity contribution in [3.63, 3.8) is 0 Å². The molecule has 0 saturated carbocycles. The Kier molecular flexibility index (Phi) is 6.13. The highest BCUT2D eigenvalue weighted by atomic mass is 32.2. The average Bonchev–Trinajstić information content (AvgIpc) is 3.26. The van der Waals surface area contributed by atoms with Gasteiger partial charge in [-0.1, -0.05) is 6.07 Å². The summed E-state index contributed by atoms with van der Waals surface area (Å²) in [6, 6.07) is 7.17. The van der Waals surface area contributed by atoms with Gasteiger partial charge in [0.2, 0.25) is 0 Å². The van der Waals surface area contributed by atoms with E-state index in [0.29, 0.717) is 19.8 Å². The van der Waals surface area contributed by atoms with Gasteiger partial charge in [0.1, 0.15) is 11.5 Å². The van der Waals surface area contributed by atoms with Gasteiger partial charge in [-0.05, 0) is 23.6 Å². The van der Waals surface area contributed by atoms with Gasteiger partial charge in [-0.15, -0.1) is 11.3 Å². The number of thiophene rings is 1. The molecule has 2 aromatic heterocycles. The van der Waals surface area contributed by atoms with Crippen molar-refractivity contribution in [3.05, 3.63) is 46.0 Å². The molecule has 0 bridgehead atoms. The molecule has 1 amide bonds. The highest BCUT2D eigenvalue weighted by Gasteiger charge is 2.24. The number of amides is 1. The first-order valence-corrected chi connectivity index (χ1v) is 11.3. The molecule has 0 radical (unpaired) electrons. The van der Waals surface area contributed by atoms with E-state index in [0.717, 1.165) is 19.3 Å².